The first-order chi connectivity index (χ1) is 9.47. The van der Waals surface area contributed by atoms with Crippen molar-refractivity contribution in [1.82, 2.24) is 9.78 Å². The molecule has 20 heavy (non-hydrogen) atoms. The molecule has 0 aliphatic rings. The van der Waals surface area contributed by atoms with Crippen LogP contribution in [0.3, 0.4) is 0 Å². The van der Waals surface area contributed by atoms with Gasteiger partial charge in [-0.2, -0.15) is 10.4 Å². The van der Waals surface area contributed by atoms with Crippen LogP contribution < -0.4 is 4.74 Å². The van der Waals surface area contributed by atoms with E-state index >= 15 is 0 Å². The van der Waals surface area contributed by atoms with E-state index < -0.39 is 5.97 Å². The molecule has 0 amide bonds. The summed E-state index contributed by atoms with van der Waals surface area (Å²) in [5.74, 6) is -1.21. The van der Waals surface area contributed by atoms with Crippen LogP contribution in [0.25, 0.3) is 11.3 Å². The second-order valence-corrected chi connectivity index (χ2v) is 4.03. The normalized spacial score (nSPS) is 10.1. The number of aromatic carboxylic acids is 1. The summed E-state index contributed by atoms with van der Waals surface area (Å²) in [7, 11) is 2.92. The Morgan fingerprint density at radius 1 is 1.45 bits per heavy atom. The zero-order chi connectivity index (χ0) is 14.9. The van der Waals surface area contributed by atoms with Crippen molar-refractivity contribution in [3.05, 3.63) is 29.5 Å². The van der Waals surface area contributed by atoms with Gasteiger partial charge in [-0.05, 0) is 12.1 Å². The summed E-state index contributed by atoms with van der Waals surface area (Å²) < 4.78 is 6.32. The Labute approximate surface area is 114 Å². The predicted octanol–water partition coefficient (Wildman–Crippen LogP) is 1.37. The molecule has 102 valence electrons. The van der Waals surface area contributed by atoms with E-state index in [4.69, 9.17) is 15.1 Å². The second-order valence-electron chi connectivity index (χ2n) is 4.03. The number of nitrogens with zero attached hydrogens (tertiary/aromatic N) is 3. The third kappa shape index (κ3) is 2.14. The lowest BCUT2D eigenvalue weighted by atomic mass is 10.1. The van der Waals surface area contributed by atoms with Gasteiger partial charge in [-0.1, -0.05) is 0 Å². The van der Waals surface area contributed by atoms with E-state index in [1.807, 2.05) is 6.07 Å². The number of hydrogen-bond acceptors (Lipinski definition) is 5. The monoisotopic (exact) mass is 273 g/mol. The number of carboxylic acid groups (broad SMARTS) is 1. The Kier molecular flexibility index (Phi) is 3.31. The number of aromatic nitrogens is 2. The number of benzene rings is 1. The Balaban J connectivity index is 2.69. The average molecular weight is 273 g/mol. The van der Waals surface area contributed by atoms with Crippen LogP contribution in [0.4, 0.5) is 0 Å². The molecule has 0 radical (unpaired) electrons. The van der Waals surface area contributed by atoms with Gasteiger partial charge in [0.2, 0.25) is 0 Å². The molecule has 1 aromatic carbocycles. The smallest absolute Gasteiger partial charge is 0.356 e. The molecular formula is C13H11N3O4. The molecule has 1 heterocycles. The lowest BCUT2D eigenvalue weighted by Crippen LogP contribution is -1.99. The maximum absolute atomic E-state index is 10.9. The van der Waals surface area contributed by atoms with E-state index in [1.54, 1.807) is 7.05 Å². The predicted molar refractivity (Wildman–Crippen MR) is 68.5 cm³/mol. The van der Waals surface area contributed by atoms with Crippen molar-refractivity contribution < 1.29 is 19.7 Å². The van der Waals surface area contributed by atoms with Gasteiger partial charge in [-0.25, -0.2) is 4.79 Å². The summed E-state index contributed by atoms with van der Waals surface area (Å²) in [6.07, 6.45) is 0. The number of carboxylic acids is 1. The third-order valence-electron chi connectivity index (χ3n) is 2.80. The maximum atomic E-state index is 10.9. The van der Waals surface area contributed by atoms with Crippen LogP contribution >= 0.6 is 0 Å². The van der Waals surface area contributed by atoms with Gasteiger partial charge in [-0.3, -0.25) is 4.68 Å². The summed E-state index contributed by atoms with van der Waals surface area (Å²) in [4.78, 5) is 10.9. The molecule has 2 N–H and O–H groups in total. The highest BCUT2D eigenvalue weighted by Crippen LogP contribution is 2.38. The van der Waals surface area contributed by atoms with E-state index in [0.29, 0.717) is 5.69 Å². The number of nitriles is 1. The van der Waals surface area contributed by atoms with Crippen LogP contribution in [-0.2, 0) is 7.05 Å². The highest BCUT2D eigenvalue weighted by atomic mass is 16.5. The lowest BCUT2D eigenvalue weighted by molar-refractivity contribution is 0.0689. The SMILES string of the molecule is COc1cc(C#N)cc(-c2cc(C(=O)O)nn2C)c1O. The van der Waals surface area contributed by atoms with E-state index in [1.165, 1.54) is 30.0 Å². The second kappa shape index (κ2) is 4.93. The number of ether oxygens (including phenoxy) is 1. The van der Waals surface area contributed by atoms with Crippen molar-refractivity contribution in [3.63, 3.8) is 0 Å². The summed E-state index contributed by atoms with van der Waals surface area (Å²) in [6, 6.07) is 6.11. The Hall–Kier alpha value is -3.01. The fraction of sp³-hybridized carbons (Fsp3) is 0.154. The van der Waals surface area contributed by atoms with Gasteiger partial charge in [0.05, 0.1) is 24.4 Å². The topological polar surface area (TPSA) is 108 Å². The summed E-state index contributed by atoms with van der Waals surface area (Å²) >= 11 is 0. The Morgan fingerprint density at radius 3 is 2.65 bits per heavy atom. The highest BCUT2D eigenvalue weighted by molar-refractivity contribution is 5.87. The number of aryl methyl sites for hydroxylation is 1. The van der Waals surface area contributed by atoms with Crippen molar-refractivity contribution in [1.29, 1.82) is 5.26 Å². The Bertz CT molecular complexity index is 728. The highest BCUT2D eigenvalue weighted by Gasteiger charge is 2.18. The van der Waals surface area contributed by atoms with Gasteiger partial charge in [-0.15, -0.1) is 0 Å². The number of phenolic OH excluding ortho intramolecular Hbond substituents is 1. The first-order valence-electron chi connectivity index (χ1n) is 5.56. The molecule has 0 saturated carbocycles. The number of phenols is 1. The molecule has 0 spiro atoms. The molecule has 2 rings (SSSR count). The van der Waals surface area contributed by atoms with E-state index in [2.05, 4.69) is 5.10 Å². The minimum Gasteiger partial charge on any atom is -0.504 e. The van der Waals surface area contributed by atoms with Gasteiger partial charge in [0, 0.05) is 18.7 Å². The van der Waals surface area contributed by atoms with Crippen LogP contribution in [0.1, 0.15) is 16.1 Å². The number of methoxy groups -OCH3 is 1. The van der Waals surface area contributed by atoms with E-state index in [9.17, 15) is 9.90 Å². The summed E-state index contributed by atoms with van der Waals surface area (Å²) in [6.45, 7) is 0. The van der Waals surface area contributed by atoms with Gasteiger partial charge >= 0.3 is 5.97 Å². The van der Waals surface area contributed by atoms with Crippen molar-refractivity contribution in [2.75, 3.05) is 7.11 Å². The molecule has 0 aliphatic heterocycles. The van der Waals surface area contributed by atoms with Crippen molar-refractivity contribution in [2.45, 2.75) is 0 Å². The molecule has 2 aromatic rings. The number of hydrogen-bond donors (Lipinski definition) is 2. The summed E-state index contributed by atoms with van der Waals surface area (Å²) in [5, 5.41) is 31.8. The van der Waals surface area contributed by atoms with Gasteiger partial charge < -0.3 is 14.9 Å². The minimum absolute atomic E-state index is 0.136. The van der Waals surface area contributed by atoms with Crippen LogP contribution in [0.5, 0.6) is 11.5 Å². The molecule has 0 aliphatic carbocycles. The van der Waals surface area contributed by atoms with E-state index in [-0.39, 0.29) is 28.3 Å². The first-order valence-corrected chi connectivity index (χ1v) is 5.56. The fourth-order valence-electron chi connectivity index (χ4n) is 1.85. The van der Waals surface area contributed by atoms with Gasteiger partial charge in [0.1, 0.15) is 0 Å². The molecule has 0 bridgehead atoms. The molecule has 0 unspecified atom stereocenters. The molecule has 0 atom stereocenters. The van der Waals surface area contributed by atoms with Crippen LogP contribution in [0.2, 0.25) is 0 Å². The van der Waals surface area contributed by atoms with Crippen molar-refractivity contribution in [2.24, 2.45) is 7.05 Å². The van der Waals surface area contributed by atoms with Crippen molar-refractivity contribution >= 4 is 5.97 Å². The third-order valence-corrected chi connectivity index (χ3v) is 2.80. The minimum atomic E-state index is -1.17. The largest absolute Gasteiger partial charge is 0.504 e. The maximum Gasteiger partial charge on any atom is 0.356 e. The molecule has 1 aromatic heterocycles. The average Bonchev–Trinajstić information content (AvgIpc) is 2.81. The van der Waals surface area contributed by atoms with Crippen LogP contribution in [-0.4, -0.2) is 33.1 Å². The summed E-state index contributed by atoms with van der Waals surface area (Å²) in [5.41, 5.74) is 0.787. The zero-order valence-corrected chi connectivity index (χ0v) is 10.8. The van der Waals surface area contributed by atoms with Crippen LogP contribution in [0, 0.1) is 11.3 Å². The Morgan fingerprint density at radius 2 is 2.15 bits per heavy atom. The lowest BCUT2D eigenvalue weighted by Gasteiger charge is -2.09. The standard InChI is InChI=1S/C13H11N3O4/c1-16-10(5-9(15-16)13(18)19)8-3-7(6-14)4-11(20-2)12(8)17/h3-5,17H,1-2H3,(H,18,19). The molecule has 7 nitrogen and oxygen atoms in total. The quantitative estimate of drug-likeness (QED) is 0.874. The molecule has 7 heteroatoms. The molecular weight excluding hydrogens is 262 g/mol. The van der Waals surface area contributed by atoms with Gasteiger partial charge in [0.15, 0.2) is 17.2 Å². The van der Waals surface area contributed by atoms with Crippen LogP contribution in [0.15, 0.2) is 18.2 Å². The molecule has 0 fully saturated rings. The van der Waals surface area contributed by atoms with Gasteiger partial charge in [0.25, 0.3) is 0 Å². The fourth-order valence-corrected chi connectivity index (χ4v) is 1.85. The number of aromatic hydroxyl groups is 1. The molecule has 0 saturated heterocycles. The number of rotatable bonds is 3. The van der Waals surface area contributed by atoms with Crippen molar-refractivity contribution in [3.8, 4) is 28.8 Å². The first kappa shape index (κ1) is 13.4. The van der Waals surface area contributed by atoms with E-state index in [0.717, 1.165) is 0 Å². The zero-order valence-electron chi connectivity index (χ0n) is 10.8. The number of carbonyl (C=O) groups is 1.